The van der Waals surface area contributed by atoms with Crippen molar-refractivity contribution in [1.82, 2.24) is 4.90 Å². The first-order valence-corrected chi connectivity index (χ1v) is 6.26. The Morgan fingerprint density at radius 2 is 2.22 bits per heavy atom. The van der Waals surface area contributed by atoms with E-state index in [9.17, 15) is 9.90 Å². The van der Waals surface area contributed by atoms with E-state index in [4.69, 9.17) is 9.15 Å². The standard InChI is InChI=1S/C13H19NO4/c15-11-3-5-14(6-4-11)8-12(16)9-17-10-13-2-1-7-18-13/h1-2,7,12,16H,3-6,8-10H2/t12-/m0/s1. The molecular formula is C13H19NO4. The first-order valence-electron chi connectivity index (χ1n) is 6.26. The van der Waals surface area contributed by atoms with Gasteiger partial charge in [-0.3, -0.25) is 9.69 Å². The van der Waals surface area contributed by atoms with Gasteiger partial charge < -0.3 is 14.3 Å². The molecule has 0 bridgehead atoms. The number of Topliss-reactive ketones (excluding diaryl/α,β-unsaturated/α-hetero) is 1. The third-order valence-corrected chi connectivity index (χ3v) is 3.02. The number of aliphatic hydroxyl groups is 1. The van der Waals surface area contributed by atoms with Crippen LogP contribution in [0.15, 0.2) is 22.8 Å². The average molecular weight is 253 g/mol. The third kappa shape index (κ3) is 4.25. The molecule has 1 aliphatic rings. The second-order valence-corrected chi connectivity index (χ2v) is 4.59. The van der Waals surface area contributed by atoms with Crippen molar-refractivity contribution in [3.8, 4) is 0 Å². The van der Waals surface area contributed by atoms with Crippen LogP contribution in [0.2, 0.25) is 0 Å². The van der Waals surface area contributed by atoms with Crippen molar-refractivity contribution in [1.29, 1.82) is 0 Å². The Balaban J connectivity index is 1.60. The van der Waals surface area contributed by atoms with Crippen LogP contribution in [-0.2, 0) is 16.1 Å². The van der Waals surface area contributed by atoms with Gasteiger partial charge in [-0.25, -0.2) is 0 Å². The minimum Gasteiger partial charge on any atom is -0.467 e. The summed E-state index contributed by atoms with van der Waals surface area (Å²) in [5.41, 5.74) is 0. The van der Waals surface area contributed by atoms with Crippen LogP contribution in [-0.4, -0.2) is 48.1 Å². The van der Waals surface area contributed by atoms with Gasteiger partial charge in [0.25, 0.3) is 0 Å². The van der Waals surface area contributed by atoms with Crippen molar-refractivity contribution in [2.75, 3.05) is 26.2 Å². The molecule has 18 heavy (non-hydrogen) atoms. The van der Waals surface area contributed by atoms with Crippen LogP contribution in [0.25, 0.3) is 0 Å². The van der Waals surface area contributed by atoms with Gasteiger partial charge in [-0.15, -0.1) is 0 Å². The van der Waals surface area contributed by atoms with Crippen molar-refractivity contribution >= 4 is 5.78 Å². The van der Waals surface area contributed by atoms with E-state index in [2.05, 4.69) is 4.90 Å². The first kappa shape index (κ1) is 13.3. The molecule has 0 amide bonds. The van der Waals surface area contributed by atoms with Gasteiger partial charge in [0.2, 0.25) is 0 Å². The third-order valence-electron chi connectivity index (χ3n) is 3.02. The van der Waals surface area contributed by atoms with Gasteiger partial charge in [-0.1, -0.05) is 0 Å². The van der Waals surface area contributed by atoms with E-state index in [1.54, 1.807) is 12.3 Å². The highest BCUT2D eigenvalue weighted by Gasteiger charge is 2.18. The smallest absolute Gasteiger partial charge is 0.135 e. The lowest BCUT2D eigenvalue weighted by Crippen LogP contribution is -2.40. The molecule has 5 heteroatoms. The number of carbonyl (C=O) groups excluding carboxylic acids is 1. The second-order valence-electron chi connectivity index (χ2n) is 4.59. The van der Waals surface area contributed by atoms with E-state index in [1.165, 1.54) is 0 Å². The number of furan rings is 1. The number of hydrogen-bond donors (Lipinski definition) is 1. The predicted octanol–water partition coefficient (Wildman–Crippen LogP) is 0.822. The van der Waals surface area contributed by atoms with Crippen molar-refractivity contribution in [2.45, 2.75) is 25.6 Å². The molecule has 0 saturated carbocycles. The summed E-state index contributed by atoms with van der Waals surface area (Å²) in [4.78, 5) is 13.2. The van der Waals surface area contributed by atoms with Crippen LogP contribution in [0.4, 0.5) is 0 Å². The van der Waals surface area contributed by atoms with Crippen LogP contribution in [0.1, 0.15) is 18.6 Å². The van der Waals surface area contributed by atoms with Crippen LogP contribution < -0.4 is 0 Å². The Morgan fingerprint density at radius 1 is 1.44 bits per heavy atom. The van der Waals surface area contributed by atoms with Gasteiger partial charge in [0.15, 0.2) is 0 Å². The summed E-state index contributed by atoms with van der Waals surface area (Å²) in [5.74, 6) is 1.07. The number of β-amino-alcohol motifs (C(OH)–C–C–N with tert-alkyl or cyclic N) is 1. The van der Waals surface area contributed by atoms with Crippen molar-refractivity contribution in [3.05, 3.63) is 24.2 Å². The molecule has 2 heterocycles. The second kappa shape index (κ2) is 6.68. The molecule has 0 spiro atoms. The monoisotopic (exact) mass is 253 g/mol. The fraction of sp³-hybridized carbons (Fsp3) is 0.615. The van der Waals surface area contributed by atoms with Gasteiger partial charge in [-0.05, 0) is 12.1 Å². The molecule has 0 aliphatic carbocycles. The number of rotatable bonds is 6. The maximum atomic E-state index is 11.1. The molecule has 0 radical (unpaired) electrons. The highest BCUT2D eigenvalue weighted by molar-refractivity contribution is 5.79. The van der Waals surface area contributed by atoms with Crippen LogP contribution >= 0.6 is 0 Å². The number of carbonyl (C=O) groups is 1. The van der Waals surface area contributed by atoms with Gasteiger partial charge in [0, 0.05) is 32.5 Å². The zero-order valence-electron chi connectivity index (χ0n) is 10.4. The van der Waals surface area contributed by atoms with Gasteiger partial charge >= 0.3 is 0 Å². The minimum atomic E-state index is -0.520. The molecule has 1 fully saturated rings. The Bertz CT molecular complexity index is 353. The van der Waals surface area contributed by atoms with Crippen LogP contribution in [0, 0.1) is 0 Å². The molecule has 1 atom stereocenters. The Kier molecular flexibility index (Phi) is 4.92. The van der Waals surface area contributed by atoms with Crippen LogP contribution in [0.3, 0.4) is 0 Å². The van der Waals surface area contributed by atoms with E-state index in [1.807, 2.05) is 6.07 Å². The quantitative estimate of drug-likeness (QED) is 0.813. The summed E-state index contributed by atoms with van der Waals surface area (Å²) in [6.07, 6.45) is 2.27. The molecule has 0 aromatic carbocycles. The first-order chi connectivity index (χ1) is 8.74. The fourth-order valence-corrected chi connectivity index (χ4v) is 2.03. The summed E-state index contributed by atoms with van der Waals surface area (Å²) >= 11 is 0. The topological polar surface area (TPSA) is 62.9 Å². The number of hydrogen-bond acceptors (Lipinski definition) is 5. The Hall–Kier alpha value is -1.17. The molecule has 100 valence electrons. The largest absolute Gasteiger partial charge is 0.467 e. The summed E-state index contributed by atoms with van der Waals surface area (Å²) in [6.45, 7) is 2.71. The average Bonchev–Trinajstić information content (AvgIpc) is 2.85. The molecule has 1 aliphatic heterocycles. The molecular weight excluding hydrogens is 234 g/mol. The zero-order chi connectivity index (χ0) is 12.8. The van der Waals surface area contributed by atoms with E-state index < -0.39 is 6.10 Å². The summed E-state index contributed by atoms with van der Waals surface area (Å²) in [6, 6.07) is 3.64. The molecule has 5 nitrogen and oxygen atoms in total. The Labute approximate surface area is 106 Å². The lowest BCUT2D eigenvalue weighted by molar-refractivity contribution is -0.121. The van der Waals surface area contributed by atoms with Crippen molar-refractivity contribution < 1.29 is 19.1 Å². The minimum absolute atomic E-state index is 0.283. The number of ether oxygens (including phenoxy) is 1. The summed E-state index contributed by atoms with van der Waals surface area (Å²) < 4.78 is 10.5. The number of nitrogens with zero attached hydrogens (tertiary/aromatic N) is 1. The zero-order valence-corrected chi connectivity index (χ0v) is 10.4. The molecule has 1 aromatic heterocycles. The molecule has 2 rings (SSSR count). The molecule has 1 N–H and O–H groups in total. The number of aliphatic hydroxyl groups excluding tert-OH is 1. The maximum Gasteiger partial charge on any atom is 0.135 e. The number of piperidine rings is 1. The summed E-state index contributed by atoms with van der Waals surface area (Å²) in [5, 5.41) is 9.81. The van der Waals surface area contributed by atoms with E-state index >= 15 is 0 Å². The normalized spacial score (nSPS) is 19.1. The maximum absolute atomic E-state index is 11.1. The van der Waals surface area contributed by atoms with E-state index in [0.29, 0.717) is 31.8 Å². The molecule has 1 saturated heterocycles. The van der Waals surface area contributed by atoms with E-state index in [-0.39, 0.29) is 6.61 Å². The van der Waals surface area contributed by atoms with E-state index in [0.717, 1.165) is 18.8 Å². The lowest BCUT2D eigenvalue weighted by Gasteiger charge is -2.27. The number of ketones is 1. The Morgan fingerprint density at radius 3 is 2.89 bits per heavy atom. The van der Waals surface area contributed by atoms with Gasteiger partial charge in [-0.2, -0.15) is 0 Å². The summed E-state index contributed by atoms with van der Waals surface area (Å²) in [7, 11) is 0. The predicted molar refractivity (Wildman–Crippen MR) is 65.1 cm³/mol. The number of likely N-dealkylation sites (tertiary alicyclic amines) is 1. The van der Waals surface area contributed by atoms with Gasteiger partial charge in [0.1, 0.15) is 18.2 Å². The van der Waals surface area contributed by atoms with Gasteiger partial charge in [0.05, 0.1) is 19.0 Å². The lowest BCUT2D eigenvalue weighted by atomic mass is 10.1. The van der Waals surface area contributed by atoms with Crippen LogP contribution in [0.5, 0.6) is 0 Å². The SMILES string of the molecule is O=C1CCN(C[C@H](O)COCc2ccco2)CC1. The molecule has 1 aromatic rings. The van der Waals surface area contributed by atoms with Crippen molar-refractivity contribution in [3.63, 3.8) is 0 Å². The fourth-order valence-electron chi connectivity index (χ4n) is 2.03. The highest BCUT2D eigenvalue weighted by Crippen LogP contribution is 2.07. The molecule has 0 unspecified atom stereocenters. The highest BCUT2D eigenvalue weighted by atomic mass is 16.5. The van der Waals surface area contributed by atoms with Crippen molar-refractivity contribution in [2.24, 2.45) is 0 Å².